The number of amides is 1. The van der Waals surface area contributed by atoms with Crippen LogP contribution in [0.2, 0.25) is 15.1 Å². The van der Waals surface area contributed by atoms with Crippen LogP contribution in [0.3, 0.4) is 0 Å². The van der Waals surface area contributed by atoms with Crippen molar-refractivity contribution in [3.05, 3.63) is 67.1 Å². The lowest BCUT2D eigenvalue weighted by molar-refractivity contribution is -0.384. The maximum atomic E-state index is 12.1. The van der Waals surface area contributed by atoms with E-state index in [1.807, 2.05) is 0 Å². The Hall–Kier alpha value is -1.82. The molecule has 0 unspecified atom stereocenters. The van der Waals surface area contributed by atoms with E-state index in [1.54, 1.807) is 0 Å². The first-order valence-electron chi connectivity index (χ1n) is 5.59. The molecular weight excluding hydrogens is 339 g/mol. The van der Waals surface area contributed by atoms with Crippen molar-refractivity contribution in [3.63, 3.8) is 0 Å². The Morgan fingerprint density at radius 2 is 1.76 bits per heavy atom. The van der Waals surface area contributed by atoms with Gasteiger partial charge in [0.2, 0.25) is 0 Å². The van der Waals surface area contributed by atoms with Gasteiger partial charge in [-0.2, -0.15) is 0 Å². The number of carbonyl (C=O) groups is 1. The van der Waals surface area contributed by atoms with Crippen LogP contribution in [0.1, 0.15) is 10.4 Å². The number of nitrogens with zero attached hydrogens (tertiary/aromatic N) is 1. The number of rotatable bonds is 3. The van der Waals surface area contributed by atoms with E-state index in [-0.39, 0.29) is 27.0 Å². The van der Waals surface area contributed by atoms with Crippen molar-refractivity contribution in [1.29, 1.82) is 0 Å². The van der Waals surface area contributed by atoms with Gasteiger partial charge < -0.3 is 5.32 Å². The first-order chi connectivity index (χ1) is 9.88. The molecule has 8 heteroatoms. The first-order valence-corrected chi connectivity index (χ1v) is 6.72. The van der Waals surface area contributed by atoms with Crippen molar-refractivity contribution in [2.45, 2.75) is 0 Å². The zero-order valence-electron chi connectivity index (χ0n) is 10.3. The second kappa shape index (κ2) is 6.30. The fourth-order valence-corrected chi connectivity index (χ4v) is 2.30. The molecule has 108 valence electrons. The average molecular weight is 346 g/mol. The number of carbonyl (C=O) groups excluding carboxylic acids is 1. The monoisotopic (exact) mass is 344 g/mol. The van der Waals surface area contributed by atoms with Gasteiger partial charge in [0.25, 0.3) is 11.6 Å². The van der Waals surface area contributed by atoms with Crippen LogP contribution in [0.5, 0.6) is 0 Å². The number of benzene rings is 2. The van der Waals surface area contributed by atoms with E-state index in [9.17, 15) is 14.9 Å². The summed E-state index contributed by atoms with van der Waals surface area (Å²) in [6, 6.07) is 8.18. The molecule has 0 heterocycles. The minimum atomic E-state index is -0.576. The number of hydrogen-bond donors (Lipinski definition) is 1. The molecule has 0 aliphatic carbocycles. The second-order valence-corrected chi connectivity index (χ2v) is 5.25. The zero-order valence-corrected chi connectivity index (χ0v) is 12.5. The molecule has 0 aromatic heterocycles. The summed E-state index contributed by atoms with van der Waals surface area (Å²) < 4.78 is 0. The maximum Gasteiger partial charge on any atom is 0.271 e. The third-order valence-electron chi connectivity index (χ3n) is 2.59. The van der Waals surface area contributed by atoms with Crippen LogP contribution >= 0.6 is 34.8 Å². The highest BCUT2D eigenvalue weighted by Gasteiger charge is 2.14. The number of anilines is 1. The second-order valence-electron chi connectivity index (χ2n) is 4.00. The molecule has 1 amide bonds. The molecule has 2 aromatic carbocycles. The van der Waals surface area contributed by atoms with E-state index in [0.29, 0.717) is 5.02 Å². The molecule has 5 nitrogen and oxygen atoms in total. The van der Waals surface area contributed by atoms with Gasteiger partial charge >= 0.3 is 0 Å². The zero-order chi connectivity index (χ0) is 15.6. The van der Waals surface area contributed by atoms with Gasteiger partial charge in [-0.25, -0.2) is 0 Å². The molecule has 2 aromatic rings. The van der Waals surface area contributed by atoms with Gasteiger partial charge in [0.15, 0.2) is 0 Å². The summed E-state index contributed by atoms with van der Waals surface area (Å²) in [5.41, 5.74) is 0.302. The Labute approximate surface area is 134 Å². The van der Waals surface area contributed by atoms with E-state index in [1.165, 1.54) is 30.3 Å². The molecular formula is C13H7Cl3N2O3. The fourth-order valence-electron chi connectivity index (χ4n) is 1.58. The van der Waals surface area contributed by atoms with E-state index in [2.05, 4.69) is 5.32 Å². The van der Waals surface area contributed by atoms with Crippen LogP contribution in [0.4, 0.5) is 11.4 Å². The predicted octanol–water partition coefficient (Wildman–Crippen LogP) is 4.81. The highest BCUT2D eigenvalue weighted by Crippen LogP contribution is 2.28. The third kappa shape index (κ3) is 3.64. The van der Waals surface area contributed by atoms with Crippen LogP contribution in [0, 0.1) is 10.1 Å². The average Bonchev–Trinajstić information content (AvgIpc) is 2.40. The summed E-state index contributed by atoms with van der Waals surface area (Å²) in [6.07, 6.45) is 0. The highest BCUT2D eigenvalue weighted by atomic mass is 35.5. The summed E-state index contributed by atoms with van der Waals surface area (Å²) >= 11 is 17.6. The summed E-state index contributed by atoms with van der Waals surface area (Å²) in [5, 5.41) is 13.8. The van der Waals surface area contributed by atoms with Crippen LogP contribution in [-0.2, 0) is 0 Å². The topological polar surface area (TPSA) is 72.2 Å². The third-order valence-corrected chi connectivity index (χ3v) is 3.45. The summed E-state index contributed by atoms with van der Waals surface area (Å²) in [6.45, 7) is 0. The Morgan fingerprint density at radius 3 is 2.33 bits per heavy atom. The van der Waals surface area contributed by atoms with Gasteiger partial charge in [-0.15, -0.1) is 0 Å². The summed E-state index contributed by atoms with van der Waals surface area (Å²) in [7, 11) is 0. The van der Waals surface area contributed by atoms with Crippen molar-refractivity contribution < 1.29 is 9.72 Å². The molecule has 0 spiro atoms. The van der Waals surface area contributed by atoms with Gasteiger partial charge in [-0.05, 0) is 24.3 Å². The molecule has 0 fully saturated rings. The molecule has 21 heavy (non-hydrogen) atoms. The standard InChI is InChI=1S/C13H7Cl3N2O3/c14-7-1-3-9(10(15)5-7)13(19)17-12-4-2-8(18(20)21)6-11(12)16/h1-6H,(H,17,19). The lowest BCUT2D eigenvalue weighted by Gasteiger charge is -2.08. The van der Waals surface area contributed by atoms with Crippen LogP contribution in [0.25, 0.3) is 0 Å². The minimum Gasteiger partial charge on any atom is -0.321 e. The SMILES string of the molecule is O=C(Nc1ccc([N+](=O)[O-])cc1Cl)c1ccc(Cl)cc1Cl. The summed E-state index contributed by atoms with van der Waals surface area (Å²) in [5.74, 6) is -0.493. The predicted molar refractivity (Wildman–Crippen MR) is 82.5 cm³/mol. The molecule has 0 saturated carbocycles. The van der Waals surface area contributed by atoms with Gasteiger partial charge in [0.1, 0.15) is 0 Å². The van der Waals surface area contributed by atoms with E-state index in [4.69, 9.17) is 34.8 Å². The van der Waals surface area contributed by atoms with Crippen molar-refractivity contribution in [1.82, 2.24) is 0 Å². The van der Waals surface area contributed by atoms with Crippen LogP contribution in [-0.4, -0.2) is 10.8 Å². The molecule has 0 bridgehead atoms. The van der Waals surface area contributed by atoms with E-state index < -0.39 is 10.8 Å². The minimum absolute atomic E-state index is 0.0580. The summed E-state index contributed by atoms with van der Waals surface area (Å²) in [4.78, 5) is 22.1. The molecule has 0 aliphatic heterocycles. The lowest BCUT2D eigenvalue weighted by Crippen LogP contribution is -2.12. The molecule has 0 saturated heterocycles. The Balaban J connectivity index is 2.25. The van der Waals surface area contributed by atoms with Crippen molar-refractivity contribution in [2.75, 3.05) is 5.32 Å². The highest BCUT2D eigenvalue weighted by molar-refractivity contribution is 6.37. The Bertz CT molecular complexity index is 735. The Kier molecular flexibility index (Phi) is 4.67. The van der Waals surface area contributed by atoms with Gasteiger partial charge in [-0.3, -0.25) is 14.9 Å². The molecule has 0 radical (unpaired) electrons. The molecule has 0 atom stereocenters. The number of nitro benzene ring substituents is 1. The number of halogens is 3. The number of nitrogens with one attached hydrogen (secondary N) is 1. The normalized spacial score (nSPS) is 10.2. The number of hydrogen-bond acceptors (Lipinski definition) is 3. The van der Waals surface area contributed by atoms with Gasteiger partial charge in [0.05, 0.1) is 26.2 Å². The van der Waals surface area contributed by atoms with Crippen LogP contribution in [0.15, 0.2) is 36.4 Å². The quantitative estimate of drug-likeness (QED) is 0.641. The van der Waals surface area contributed by atoms with Gasteiger partial charge in [0, 0.05) is 17.2 Å². The number of non-ortho nitro benzene ring substituents is 1. The fraction of sp³-hybridized carbons (Fsp3) is 0. The molecule has 2 rings (SSSR count). The van der Waals surface area contributed by atoms with Crippen molar-refractivity contribution in [2.24, 2.45) is 0 Å². The van der Waals surface area contributed by atoms with Crippen LogP contribution < -0.4 is 5.32 Å². The maximum absolute atomic E-state index is 12.1. The number of nitro groups is 1. The van der Waals surface area contributed by atoms with Crippen molar-refractivity contribution >= 4 is 52.1 Å². The Morgan fingerprint density at radius 1 is 1.05 bits per heavy atom. The molecule has 0 aliphatic rings. The smallest absolute Gasteiger partial charge is 0.271 e. The van der Waals surface area contributed by atoms with Crippen molar-refractivity contribution in [3.8, 4) is 0 Å². The first kappa shape index (κ1) is 15.6. The van der Waals surface area contributed by atoms with Gasteiger partial charge in [-0.1, -0.05) is 34.8 Å². The lowest BCUT2D eigenvalue weighted by atomic mass is 10.2. The van der Waals surface area contributed by atoms with E-state index >= 15 is 0 Å². The molecule has 1 N–H and O–H groups in total. The van der Waals surface area contributed by atoms with E-state index in [0.717, 1.165) is 6.07 Å². The largest absolute Gasteiger partial charge is 0.321 e.